The number of nitrogens with one attached hydrogen (secondary N) is 2. The highest BCUT2D eigenvalue weighted by Gasteiger charge is 2.08. The van der Waals surface area contributed by atoms with Crippen molar-refractivity contribution in [1.82, 2.24) is 15.6 Å². The number of nitrogens with zero attached hydrogens (tertiary/aromatic N) is 1. The number of pyridine rings is 1. The lowest BCUT2D eigenvalue weighted by atomic mass is 10.1. The molecule has 5 nitrogen and oxygen atoms in total. The summed E-state index contributed by atoms with van der Waals surface area (Å²) in [5, 5.41) is 6.75. The van der Waals surface area contributed by atoms with Gasteiger partial charge in [0.25, 0.3) is 5.91 Å². The quantitative estimate of drug-likeness (QED) is 0.424. The third-order valence-corrected chi connectivity index (χ3v) is 4.49. The third-order valence-electron chi connectivity index (χ3n) is 4.10. The monoisotopic (exact) mass is 409 g/mol. The average molecular weight is 410 g/mol. The van der Waals surface area contributed by atoms with Gasteiger partial charge in [0.15, 0.2) is 0 Å². The predicted molar refractivity (Wildman–Crippen MR) is 110 cm³/mol. The van der Waals surface area contributed by atoms with Crippen molar-refractivity contribution in [2.75, 3.05) is 20.2 Å². The first kappa shape index (κ1) is 21.5. The Kier molecular flexibility index (Phi) is 9.39. The number of halogens is 2. The molecule has 2 rings (SSSR count). The van der Waals surface area contributed by atoms with Crippen molar-refractivity contribution in [3.8, 4) is 5.75 Å². The Hall–Kier alpha value is -1.82. The Labute approximate surface area is 170 Å². The Morgan fingerprint density at radius 2 is 1.70 bits per heavy atom. The zero-order chi connectivity index (χ0) is 19.5. The highest BCUT2D eigenvalue weighted by atomic mass is 35.5. The molecule has 0 radical (unpaired) electrons. The fourth-order valence-corrected chi connectivity index (χ4v) is 3.16. The molecule has 0 fully saturated rings. The first-order valence-electron chi connectivity index (χ1n) is 9.04. The normalized spacial score (nSPS) is 10.6. The van der Waals surface area contributed by atoms with Crippen molar-refractivity contribution >= 4 is 29.1 Å². The number of aromatic nitrogens is 1. The predicted octanol–water partition coefficient (Wildman–Crippen LogP) is 4.48. The summed E-state index contributed by atoms with van der Waals surface area (Å²) in [6.45, 7) is 2.39. The summed E-state index contributed by atoms with van der Waals surface area (Å²) < 4.78 is 5.34. The molecule has 2 aromatic rings. The minimum atomic E-state index is -0.181. The van der Waals surface area contributed by atoms with Gasteiger partial charge in [-0.1, -0.05) is 54.2 Å². The summed E-state index contributed by atoms with van der Waals surface area (Å²) in [6.07, 6.45) is 4.21. The topological polar surface area (TPSA) is 63.2 Å². The zero-order valence-corrected chi connectivity index (χ0v) is 16.9. The fourth-order valence-electron chi connectivity index (χ4n) is 2.70. The van der Waals surface area contributed by atoms with Crippen molar-refractivity contribution < 1.29 is 9.53 Å². The van der Waals surface area contributed by atoms with Crippen LogP contribution in [0.25, 0.3) is 0 Å². The molecule has 0 atom stereocenters. The molecular formula is C20H25Cl2N3O2. The van der Waals surface area contributed by atoms with E-state index in [1.54, 1.807) is 7.11 Å². The number of hydrogen-bond donors (Lipinski definition) is 2. The number of rotatable bonds is 11. The number of carbonyl (C=O) groups is 1. The Balaban J connectivity index is 1.53. The molecule has 2 N–H and O–H groups in total. The van der Waals surface area contributed by atoms with Gasteiger partial charge < -0.3 is 15.4 Å². The maximum absolute atomic E-state index is 12.0. The minimum Gasteiger partial charge on any atom is -0.496 e. The summed E-state index contributed by atoms with van der Waals surface area (Å²) in [7, 11) is 1.69. The lowest BCUT2D eigenvalue weighted by Gasteiger charge is -2.09. The molecule has 1 amide bonds. The number of hydrogen-bond acceptors (Lipinski definition) is 4. The molecule has 0 bridgehead atoms. The van der Waals surface area contributed by atoms with Gasteiger partial charge in [-0.2, -0.15) is 0 Å². The van der Waals surface area contributed by atoms with Gasteiger partial charge in [0.1, 0.15) is 16.1 Å². The second-order valence-electron chi connectivity index (χ2n) is 6.16. The molecule has 7 heteroatoms. The maximum Gasteiger partial charge on any atom is 0.251 e. The molecule has 1 heterocycles. The molecule has 27 heavy (non-hydrogen) atoms. The average Bonchev–Trinajstić information content (AvgIpc) is 2.66. The van der Waals surface area contributed by atoms with E-state index in [-0.39, 0.29) is 16.2 Å². The van der Waals surface area contributed by atoms with Crippen LogP contribution in [0.5, 0.6) is 5.75 Å². The van der Waals surface area contributed by atoms with Crippen LogP contribution in [0.3, 0.4) is 0 Å². The van der Waals surface area contributed by atoms with Gasteiger partial charge >= 0.3 is 0 Å². The van der Waals surface area contributed by atoms with Gasteiger partial charge in [-0.25, -0.2) is 4.98 Å². The van der Waals surface area contributed by atoms with Gasteiger partial charge in [0.2, 0.25) is 0 Å². The van der Waals surface area contributed by atoms with Crippen LogP contribution in [0, 0.1) is 0 Å². The van der Waals surface area contributed by atoms with Crippen LogP contribution in [-0.4, -0.2) is 31.1 Å². The molecule has 0 saturated carbocycles. The summed E-state index contributed by atoms with van der Waals surface area (Å²) in [5.41, 5.74) is 1.60. The number of methoxy groups -OCH3 is 1. The van der Waals surface area contributed by atoms with E-state index in [2.05, 4.69) is 21.7 Å². The van der Waals surface area contributed by atoms with Gasteiger partial charge in [0.05, 0.1) is 7.11 Å². The van der Waals surface area contributed by atoms with Crippen LogP contribution in [0.4, 0.5) is 0 Å². The van der Waals surface area contributed by atoms with Gasteiger partial charge in [-0.15, -0.1) is 0 Å². The number of carbonyl (C=O) groups excluding carboxylic acids is 1. The molecule has 0 unspecified atom stereocenters. The van der Waals surface area contributed by atoms with Crippen LogP contribution in [0.1, 0.15) is 41.6 Å². The first-order valence-corrected chi connectivity index (χ1v) is 9.79. The lowest BCUT2D eigenvalue weighted by molar-refractivity contribution is 0.0953. The van der Waals surface area contributed by atoms with Crippen molar-refractivity contribution in [2.45, 2.75) is 32.2 Å². The molecule has 1 aromatic carbocycles. The van der Waals surface area contributed by atoms with Gasteiger partial charge in [-0.05, 0) is 37.6 Å². The molecule has 1 aromatic heterocycles. The van der Waals surface area contributed by atoms with E-state index in [1.165, 1.54) is 17.7 Å². The van der Waals surface area contributed by atoms with Crippen molar-refractivity contribution in [2.24, 2.45) is 0 Å². The van der Waals surface area contributed by atoms with Crippen LogP contribution >= 0.6 is 23.2 Å². The second-order valence-corrected chi connectivity index (χ2v) is 6.93. The van der Waals surface area contributed by atoms with E-state index >= 15 is 0 Å². The molecule has 0 aliphatic heterocycles. The summed E-state index contributed by atoms with van der Waals surface area (Å²) in [4.78, 5) is 15.9. The van der Waals surface area contributed by atoms with E-state index in [1.807, 2.05) is 18.2 Å². The summed E-state index contributed by atoms with van der Waals surface area (Å²) >= 11 is 11.6. The van der Waals surface area contributed by atoms with Crippen molar-refractivity contribution in [3.05, 3.63) is 57.8 Å². The number of benzene rings is 1. The molecule has 0 aliphatic rings. The minimum absolute atomic E-state index is 0.181. The molecular weight excluding hydrogens is 385 g/mol. The van der Waals surface area contributed by atoms with Crippen LogP contribution in [0.2, 0.25) is 10.3 Å². The zero-order valence-electron chi connectivity index (χ0n) is 15.4. The largest absolute Gasteiger partial charge is 0.496 e. The SMILES string of the molecule is COc1ccccc1CNCCCCCCNC(=O)c1cc(Cl)nc(Cl)c1. The number of amides is 1. The maximum atomic E-state index is 12.0. The summed E-state index contributed by atoms with van der Waals surface area (Å²) in [6, 6.07) is 11.0. The van der Waals surface area contributed by atoms with Crippen LogP contribution < -0.4 is 15.4 Å². The number of para-hydroxylation sites is 1. The Bertz CT molecular complexity index is 721. The van der Waals surface area contributed by atoms with E-state index in [9.17, 15) is 4.79 Å². The standard InChI is InChI=1S/C20H25Cl2N3O2/c1-27-17-9-5-4-8-15(17)14-23-10-6-2-3-7-11-24-20(26)16-12-18(21)25-19(22)13-16/h4-5,8-9,12-13,23H,2-3,6-7,10-11,14H2,1H3,(H,24,26). The van der Waals surface area contributed by atoms with E-state index in [0.29, 0.717) is 12.1 Å². The van der Waals surface area contributed by atoms with E-state index < -0.39 is 0 Å². The molecule has 0 aliphatic carbocycles. The van der Waals surface area contributed by atoms with Gasteiger partial charge in [0, 0.05) is 24.2 Å². The smallest absolute Gasteiger partial charge is 0.251 e. The molecule has 0 spiro atoms. The third kappa shape index (κ3) is 7.75. The van der Waals surface area contributed by atoms with E-state index in [4.69, 9.17) is 27.9 Å². The van der Waals surface area contributed by atoms with Crippen LogP contribution in [-0.2, 0) is 6.54 Å². The van der Waals surface area contributed by atoms with Gasteiger partial charge in [-0.3, -0.25) is 4.79 Å². The van der Waals surface area contributed by atoms with Crippen molar-refractivity contribution in [1.29, 1.82) is 0 Å². The highest BCUT2D eigenvalue weighted by molar-refractivity contribution is 6.33. The number of ether oxygens (including phenoxy) is 1. The molecule has 0 saturated heterocycles. The Morgan fingerprint density at radius 3 is 2.41 bits per heavy atom. The molecule has 146 valence electrons. The highest BCUT2D eigenvalue weighted by Crippen LogP contribution is 2.17. The van der Waals surface area contributed by atoms with Crippen molar-refractivity contribution in [3.63, 3.8) is 0 Å². The van der Waals surface area contributed by atoms with Crippen LogP contribution in [0.15, 0.2) is 36.4 Å². The number of unbranched alkanes of at least 4 members (excludes halogenated alkanes) is 3. The second kappa shape index (κ2) is 11.8. The first-order chi connectivity index (χ1) is 13.1. The Morgan fingerprint density at radius 1 is 1.04 bits per heavy atom. The fraction of sp³-hybridized carbons (Fsp3) is 0.400. The lowest BCUT2D eigenvalue weighted by Crippen LogP contribution is -2.24. The van der Waals surface area contributed by atoms with E-state index in [0.717, 1.165) is 44.5 Å². The summed E-state index contributed by atoms with van der Waals surface area (Å²) in [5.74, 6) is 0.734.